The van der Waals surface area contributed by atoms with Crippen molar-refractivity contribution in [3.05, 3.63) is 0 Å². The minimum atomic E-state index is -0.665. The molecule has 2 unspecified atom stereocenters. The number of esters is 1. The van der Waals surface area contributed by atoms with Gasteiger partial charge in [-0.3, -0.25) is 9.59 Å². The third-order valence-electron chi connectivity index (χ3n) is 14.4. The normalized spacial score (nSPS) is 12.5. The second-order valence-electron chi connectivity index (χ2n) is 21.1. The van der Waals surface area contributed by atoms with Crippen molar-refractivity contribution in [1.29, 1.82) is 0 Å². The van der Waals surface area contributed by atoms with Crippen LogP contribution in [-0.4, -0.2) is 47.4 Å². The molecule has 0 aromatic carbocycles. The van der Waals surface area contributed by atoms with Crippen LogP contribution in [0.2, 0.25) is 0 Å². The zero-order valence-electron chi connectivity index (χ0n) is 45.0. The minimum absolute atomic E-state index is 0.0118. The highest BCUT2D eigenvalue weighted by Gasteiger charge is 2.20. The van der Waals surface area contributed by atoms with Crippen molar-refractivity contribution < 1.29 is 24.5 Å². The van der Waals surface area contributed by atoms with E-state index in [1.165, 1.54) is 276 Å². The Balaban J connectivity index is 3.38. The molecule has 0 aromatic rings. The van der Waals surface area contributed by atoms with E-state index in [4.69, 9.17) is 4.74 Å². The molecule has 0 spiro atoms. The highest BCUT2D eigenvalue weighted by Crippen LogP contribution is 2.18. The van der Waals surface area contributed by atoms with Crippen LogP contribution in [0.15, 0.2) is 0 Å². The van der Waals surface area contributed by atoms with Crippen molar-refractivity contribution in [3.63, 3.8) is 0 Å². The number of nitrogens with one attached hydrogen (secondary N) is 1. The Kier molecular flexibility index (Phi) is 55.5. The van der Waals surface area contributed by atoms with Gasteiger partial charge in [0, 0.05) is 12.8 Å². The molecule has 394 valence electrons. The maximum atomic E-state index is 12.5. The van der Waals surface area contributed by atoms with E-state index in [-0.39, 0.29) is 18.5 Å². The summed E-state index contributed by atoms with van der Waals surface area (Å²) in [5.74, 6) is -0.0241. The molecule has 2 atom stereocenters. The highest BCUT2D eigenvalue weighted by molar-refractivity contribution is 5.76. The number of ether oxygens (including phenoxy) is 1. The number of amides is 1. The Labute approximate surface area is 413 Å². The van der Waals surface area contributed by atoms with E-state index in [1.54, 1.807) is 0 Å². The average Bonchev–Trinajstić information content (AvgIpc) is 3.32. The zero-order chi connectivity index (χ0) is 47.9. The molecular weight excluding hydrogens is 815 g/mol. The molecule has 0 aliphatic rings. The number of hydrogen-bond acceptors (Lipinski definition) is 5. The molecular formula is C60H119NO5. The molecule has 0 aliphatic carbocycles. The van der Waals surface area contributed by atoms with Crippen molar-refractivity contribution in [2.45, 2.75) is 360 Å². The van der Waals surface area contributed by atoms with Crippen LogP contribution < -0.4 is 5.32 Å². The monoisotopic (exact) mass is 934 g/mol. The quantitative estimate of drug-likeness (QED) is 0.0417. The Bertz CT molecular complexity index is 944. The van der Waals surface area contributed by atoms with Gasteiger partial charge in [0.2, 0.25) is 5.91 Å². The van der Waals surface area contributed by atoms with Crippen molar-refractivity contribution in [2.24, 2.45) is 0 Å². The van der Waals surface area contributed by atoms with Crippen LogP contribution in [0.3, 0.4) is 0 Å². The van der Waals surface area contributed by atoms with Gasteiger partial charge in [0.25, 0.3) is 0 Å². The third kappa shape index (κ3) is 52.2. The van der Waals surface area contributed by atoms with Gasteiger partial charge in [-0.15, -0.1) is 0 Å². The first-order chi connectivity index (χ1) is 32.5. The molecule has 0 saturated heterocycles. The minimum Gasteiger partial charge on any atom is -0.466 e. The number of carbonyl (C=O) groups is 2. The van der Waals surface area contributed by atoms with Crippen LogP contribution in [0.1, 0.15) is 348 Å². The van der Waals surface area contributed by atoms with Crippen LogP contribution in [0.25, 0.3) is 0 Å². The van der Waals surface area contributed by atoms with Gasteiger partial charge in [0.15, 0.2) is 0 Å². The van der Waals surface area contributed by atoms with Gasteiger partial charge >= 0.3 is 5.97 Å². The van der Waals surface area contributed by atoms with Crippen LogP contribution in [0.5, 0.6) is 0 Å². The Hall–Kier alpha value is -1.14. The lowest BCUT2D eigenvalue weighted by Crippen LogP contribution is -2.45. The first-order valence-corrected chi connectivity index (χ1v) is 30.3. The molecule has 0 rings (SSSR count). The molecule has 66 heavy (non-hydrogen) atoms. The fourth-order valence-electron chi connectivity index (χ4n) is 9.76. The standard InChI is InChI=1S/C60H119NO5/c1-3-5-7-9-11-13-15-17-19-26-30-34-38-42-46-50-54-60(65)66-55-51-47-43-39-35-31-27-23-21-20-22-25-29-33-37-41-45-49-53-59(64)61-57(56-62)58(63)52-48-44-40-36-32-28-24-18-16-14-12-10-8-6-4-2/h57-58,62-63H,3-56H2,1-2H3,(H,61,64). The first kappa shape index (κ1) is 64.9. The van der Waals surface area contributed by atoms with Gasteiger partial charge in [-0.25, -0.2) is 0 Å². The molecule has 0 radical (unpaired) electrons. The predicted octanol–water partition coefficient (Wildman–Crippen LogP) is 18.7. The van der Waals surface area contributed by atoms with E-state index in [1.807, 2.05) is 0 Å². The number of unbranched alkanes of at least 4 members (excludes halogenated alkanes) is 46. The van der Waals surface area contributed by atoms with Crippen molar-refractivity contribution >= 4 is 11.9 Å². The van der Waals surface area contributed by atoms with Gasteiger partial charge in [-0.1, -0.05) is 309 Å². The summed E-state index contributed by atoms with van der Waals surface area (Å²) in [4.78, 5) is 24.6. The third-order valence-corrected chi connectivity index (χ3v) is 14.4. The molecule has 3 N–H and O–H groups in total. The Morgan fingerprint density at radius 3 is 0.924 bits per heavy atom. The lowest BCUT2D eigenvalue weighted by atomic mass is 10.0. The molecule has 0 heterocycles. The fraction of sp³-hybridized carbons (Fsp3) is 0.967. The first-order valence-electron chi connectivity index (χ1n) is 30.3. The molecule has 0 aliphatic heterocycles. The summed E-state index contributed by atoms with van der Waals surface area (Å²) in [6, 6.07) is -0.543. The lowest BCUT2D eigenvalue weighted by Gasteiger charge is -2.22. The molecule has 0 saturated carbocycles. The van der Waals surface area contributed by atoms with Crippen molar-refractivity contribution in [1.82, 2.24) is 5.32 Å². The molecule has 0 bridgehead atoms. The van der Waals surface area contributed by atoms with Crippen molar-refractivity contribution in [2.75, 3.05) is 13.2 Å². The smallest absolute Gasteiger partial charge is 0.305 e. The van der Waals surface area contributed by atoms with Gasteiger partial charge in [0.1, 0.15) is 0 Å². The second kappa shape index (κ2) is 56.4. The maximum Gasteiger partial charge on any atom is 0.305 e. The molecule has 6 heteroatoms. The lowest BCUT2D eigenvalue weighted by molar-refractivity contribution is -0.143. The fourth-order valence-corrected chi connectivity index (χ4v) is 9.76. The summed E-state index contributed by atoms with van der Waals surface area (Å²) >= 11 is 0. The van der Waals surface area contributed by atoms with E-state index in [0.29, 0.717) is 25.9 Å². The maximum absolute atomic E-state index is 12.5. The van der Waals surface area contributed by atoms with Gasteiger partial charge in [-0.05, 0) is 25.7 Å². The number of hydrogen-bond donors (Lipinski definition) is 3. The Morgan fingerprint density at radius 1 is 0.364 bits per heavy atom. The molecule has 0 aromatic heterocycles. The van der Waals surface area contributed by atoms with E-state index in [0.717, 1.165) is 38.5 Å². The SMILES string of the molecule is CCCCCCCCCCCCCCCCCCC(=O)OCCCCCCCCCCCCCCCCCCCCC(=O)NC(CO)C(O)CCCCCCCCCCCCCCCCC. The van der Waals surface area contributed by atoms with Crippen LogP contribution in [-0.2, 0) is 14.3 Å². The zero-order valence-corrected chi connectivity index (χ0v) is 45.0. The number of aliphatic hydroxyl groups excluding tert-OH is 2. The van der Waals surface area contributed by atoms with Crippen LogP contribution in [0.4, 0.5) is 0 Å². The summed E-state index contributed by atoms with van der Waals surface area (Å²) in [5.41, 5.74) is 0. The summed E-state index contributed by atoms with van der Waals surface area (Å²) in [6.07, 6.45) is 65.3. The predicted molar refractivity (Wildman–Crippen MR) is 287 cm³/mol. The average molecular weight is 935 g/mol. The van der Waals surface area contributed by atoms with Gasteiger partial charge in [0.05, 0.1) is 25.4 Å². The van der Waals surface area contributed by atoms with E-state index >= 15 is 0 Å². The van der Waals surface area contributed by atoms with E-state index in [9.17, 15) is 19.8 Å². The Morgan fingerprint density at radius 2 is 0.621 bits per heavy atom. The van der Waals surface area contributed by atoms with Gasteiger partial charge < -0.3 is 20.3 Å². The number of carbonyl (C=O) groups excluding carboxylic acids is 2. The highest BCUT2D eigenvalue weighted by atomic mass is 16.5. The van der Waals surface area contributed by atoms with Crippen molar-refractivity contribution in [3.8, 4) is 0 Å². The number of aliphatic hydroxyl groups is 2. The summed E-state index contributed by atoms with van der Waals surface area (Å²) in [7, 11) is 0. The molecule has 1 amide bonds. The second-order valence-corrected chi connectivity index (χ2v) is 21.1. The van der Waals surface area contributed by atoms with Gasteiger partial charge in [-0.2, -0.15) is 0 Å². The van der Waals surface area contributed by atoms with E-state index < -0.39 is 12.1 Å². The largest absolute Gasteiger partial charge is 0.466 e. The summed E-state index contributed by atoms with van der Waals surface area (Å²) < 4.78 is 5.49. The summed E-state index contributed by atoms with van der Waals surface area (Å²) in [5, 5.41) is 23.3. The van der Waals surface area contributed by atoms with Crippen LogP contribution >= 0.6 is 0 Å². The molecule has 6 nitrogen and oxygen atoms in total. The van der Waals surface area contributed by atoms with Crippen LogP contribution in [0, 0.1) is 0 Å². The summed E-state index contributed by atoms with van der Waals surface area (Å²) in [6.45, 7) is 4.98. The molecule has 0 fully saturated rings. The number of rotatable bonds is 57. The topological polar surface area (TPSA) is 95.9 Å². The van der Waals surface area contributed by atoms with E-state index in [2.05, 4.69) is 19.2 Å².